The quantitative estimate of drug-likeness (QED) is 0.504. The van der Waals surface area contributed by atoms with Gasteiger partial charge in [-0.3, -0.25) is 19.3 Å². The van der Waals surface area contributed by atoms with Crippen LogP contribution < -0.4 is 11.1 Å². The molecule has 0 aromatic carbocycles. The lowest BCUT2D eigenvalue weighted by molar-refractivity contribution is -0.143. The molecule has 9 heteroatoms. The monoisotopic (exact) mass is 320 g/mol. The summed E-state index contributed by atoms with van der Waals surface area (Å²) in [5, 5.41) is 2.58. The van der Waals surface area contributed by atoms with Crippen molar-refractivity contribution in [1.82, 2.24) is 15.1 Å². The number of carbonyl (C=O) groups is 4. The molecule has 120 valence electrons. The highest BCUT2D eigenvalue weighted by atomic mass is 35.5. The Morgan fingerprint density at radius 1 is 1.19 bits per heavy atom. The molecule has 0 saturated carbocycles. The third-order valence-corrected chi connectivity index (χ3v) is 3.60. The van der Waals surface area contributed by atoms with E-state index >= 15 is 0 Å². The van der Waals surface area contributed by atoms with Crippen LogP contribution in [0.25, 0.3) is 0 Å². The van der Waals surface area contributed by atoms with Crippen LogP contribution in [0.2, 0.25) is 0 Å². The van der Waals surface area contributed by atoms with Gasteiger partial charge in [0.15, 0.2) is 0 Å². The van der Waals surface area contributed by atoms with Crippen molar-refractivity contribution in [2.24, 2.45) is 5.73 Å². The Morgan fingerprint density at radius 2 is 1.71 bits per heavy atom. The van der Waals surface area contributed by atoms with E-state index in [0.717, 1.165) is 0 Å². The average Bonchev–Trinajstić information content (AvgIpc) is 2.62. The summed E-state index contributed by atoms with van der Waals surface area (Å²) in [6.45, 7) is 3.60. The van der Waals surface area contributed by atoms with E-state index in [4.69, 9.17) is 5.73 Å². The van der Waals surface area contributed by atoms with E-state index in [1.54, 1.807) is 0 Å². The molecule has 5 amide bonds. The van der Waals surface area contributed by atoms with E-state index in [2.05, 4.69) is 5.32 Å². The Labute approximate surface area is 129 Å². The highest BCUT2D eigenvalue weighted by molar-refractivity contribution is 6.44. The van der Waals surface area contributed by atoms with Gasteiger partial charge in [0.2, 0.25) is 5.91 Å². The third kappa shape index (κ3) is 4.15. The van der Waals surface area contributed by atoms with Gasteiger partial charge >= 0.3 is 17.8 Å². The third-order valence-electron chi connectivity index (χ3n) is 3.60. The van der Waals surface area contributed by atoms with Gasteiger partial charge < -0.3 is 11.1 Å². The molecule has 1 heterocycles. The van der Waals surface area contributed by atoms with Gasteiger partial charge in [0.05, 0.1) is 0 Å². The van der Waals surface area contributed by atoms with Crippen LogP contribution in [0.3, 0.4) is 0 Å². The van der Waals surface area contributed by atoms with E-state index in [9.17, 15) is 19.2 Å². The van der Waals surface area contributed by atoms with E-state index in [1.807, 2.05) is 13.8 Å². The maximum Gasteiger partial charge on any atom is 0.334 e. The molecule has 0 spiro atoms. The summed E-state index contributed by atoms with van der Waals surface area (Å²) in [6.07, 6.45) is 1.37. The van der Waals surface area contributed by atoms with Gasteiger partial charge in [-0.05, 0) is 12.8 Å². The molecule has 0 unspecified atom stereocenters. The molecule has 21 heavy (non-hydrogen) atoms. The second-order valence-corrected chi connectivity index (χ2v) is 4.88. The van der Waals surface area contributed by atoms with Crippen molar-refractivity contribution in [2.45, 2.75) is 32.2 Å². The number of nitrogens with one attached hydrogen (secondary N) is 1. The second-order valence-electron chi connectivity index (χ2n) is 4.88. The Morgan fingerprint density at radius 3 is 2.10 bits per heavy atom. The van der Waals surface area contributed by atoms with Crippen molar-refractivity contribution in [3.05, 3.63) is 0 Å². The lowest BCUT2D eigenvalue weighted by atomic mass is 9.94. The van der Waals surface area contributed by atoms with Crippen molar-refractivity contribution in [3.63, 3.8) is 0 Å². The lowest BCUT2D eigenvalue weighted by Gasteiger charge is -2.27. The number of rotatable bonds is 6. The molecule has 0 bridgehead atoms. The number of hydrogen-bond acceptors (Lipinski definition) is 5. The number of hydrogen-bond donors (Lipinski definition) is 2. The highest BCUT2D eigenvalue weighted by Gasteiger charge is 2.43. The second kappa shape index (κ2) is 7.37. The minimum Gasteiger partial charge on any atom is -0.353 e. The Balaban J connectivity index is 0.00000400. The minimum atomic E-state index is -0.988. The highest BCUT2D eigenvalue weighted by Crippen LogP contribution is 2.11. The number of nitrogens with two attached hydrogens (primary N) is 1. The number of amides is 5. The largest absolute Gasteiger partial charge is 0.353 e. The fourth-order valence-corrected chi connectivity index (χ4v) is 1.73. The van der Waals surface area contributed by atoms with E-state index in [-0.39, 0.29) is 19.0 Å². The van der Waals surface area contributed by atoms with Crippen LogP contribution in [-0.2, 0) is 14.4 Å². The minimum absolute atomic E-state index is 0. The van der Waals surface area contributed by atoms with Crippen LogP contribution in [0, 0.1) is 0 Å². The molecule has 1 aliphatic rings. The van der Waals surface area contributed by atoms with E-state index < -0.39 is 35.8 Å². The molecule has 8 nitrogen and oxygen atoms in total. The van der Waals surface area contributed by atoms with Gasteiger partial charge in [-0.25, -0.2) is 9.69 Å². The maximum absolute atomic E-state index is 11.7. The zero-order chi connectivity index (χ0) is 15.5. The van der Waals surface area contributed by atoms with Gasteiger partial charge in [0.25, 0.3) is 0 Å². The van der Waals surface area contributed by atoms with Crippen molar-refractivity contribution in [2.75, 3.05) is 20.1 Å². The topological polar surface area (TPSA) is 113 Å². The van der Waals surface area contributed by atoms with Crippen LogP contribution in [-0.4, -0.2) is 59.2 Å². The van der Waals surface area contributed by atoms with Crippen LogP contribution in [0.15, 0.2) is 0 Å². The van der Waals surface area contributed by atoms with Crippen LogP contribution >= 0.6 is 12.4 Å². The summed E-state index contributed by atoms with van der Waals surface area (Å²) in [6, 6.07) is -0.792. The molecule has 1 aliphatic heterocycles. The van der Waals surface area contributed by atoms with Crippen LogP contribution in [0.5, 0.6) is 0 Å². The Kier molecular flexibility index (Phi) is 6.78. The fourth-order valence-electron chi connectivity index (χ4n) is 1.73. The van der Waals surface area contributed by atoms with Crippen LogP contribution in [0.4, 0.5) is 4.79 Å². The predicted octanol–water partition coefficient (Wildman–Crippen LogP) is -0.537. The lowest BCUT2D eigenvalue weighted by Crippen LogP contribution is -2.51. The first-order chi connectivity index (χ1) is 9.25. The Hall–Kier alpha value is -1.67. The van der Waals surface area contributed by atoms with Crippen LogP contribution in [0.1, 0.15) is 26.7 Å². The molecule has 1 rings (SSSR count). The number of likely N-dealkylation sites (N-methyl/N-ethyl adjacent to an activating group) is 1. The molecular formula is C12H21ClN4O4. The molecule has 1 fully saturated rings. The predicted molar refractivity (Wildman–Crippen MR) is 77.6 cm³/mol. The molecule has 0 atom stereocenters. The zero-order valence-electron chi connectivity index (χ0n) is 12.3. The van der Waals surface area contributed by atoms with Crippen molar-refractivity contribution < 1.29 is 19.2 Å². The van der Waals surface area contributed by atoms with Gasteiger partial charge in [0, 0.05) is 19.1 Å². The molecule has 0 radical (unpaired) electrons. The van der Waals surface area contributed by atoms with E-state index in [0.29, 0.717) is 22.6 Å². The summed E-state index contributed by atoms with van der Waals surface area (Å²) in [4.78, 5) is 47.4. The number of imide groups is 2. The molecule has 3 N–H and O–H groups in total. The summed E-state index contributed by atoms with van der Waals surface area (Å²) in [7, 11) is 1.19. The molecule has 1 saturated heterocycles. The first-order valence-corrected chi connectivity index (χ1v) is 6.45. The average molecular weight is 321 g/mol. The smallest absolute Gasteiger partial charge is 0.334 e. The fraction of sp³-hybridized carbons (Fsp3) is 0.667. The van der Waals surface area contributed by atoms with Crippen molar-refractivity contribution in [3.8, 4) is 0 Å². The van der Waals surface area contributed by atoms with Gasteiger partial charge in [-0.1, -0.05) is 13.8 Å². The van der Waals surface area contributed by atoms with Crippen molar-refractivity contribution in [1.29, 1.82) is 0 Å². The molecular weight excluding hydrogens is 300 g/mol. The Bertz CT molecular complexity index is 451. The summed E-state index contributed by atoms with van der Waals surface area (Å²) < 4.78 is 0. The van der Waals surface area contributed by atoms with E-state index in [1.165, 1.54) is 7.05 Å². The van der Waals surface area contributed by atoms with Gasteiger partial charge in [0.1, 0.15) is 6.54 Å². The molecule has 0 aromatic rings. The normalized spacial score (nSPS) is 15.3. The number of carbonyl (C=O) groups excluding carboxylic acids is 4. The summed E-state index contributed by atoms with van der Waals surface area (Å²) >= 11 is 0. The standard InChI is InChI=1S/C12H20N4O4.ClH/c1-4-12(13,5-2)7-14-8(17)6-16-10(19)9(18)15(3)11(16)20;/h4-7,13H2,1-3H3,(H,14,17);1H. The summed E-state index contributed by atoms with van der Waals surface area (Å²) in [5.74, 6) is -2.44. The summed E-state index contributed by atoms with van der Waals surface area (Å²) in [5.41, 5.74) is 5.51. The van der Waals surface area contributed by atoms with Crippen molar-refractivity contribution >= 4 is 36.2 Å². The maximum atomic E-state index is 11.7. The first-order valence-electron chi connectivity index (χ1n) is 6.45. The van der Waals surface area contributed by atoms with Gasteiger partial charge in [-0.2, -0.15) is 0 Å². The SMILES string of the molecule is CCC(N)(CC)CNC(=O)CN1C(=O)C(=O)N(C)C1=O.Cl. The number of urea groups is 1. The number of halogens is 1. The zero-order valence-corrected chi connectivity index (χ0v) is 13.2. The molecule has 0 aromatic heterocycles. The first kappa shape index (κ1) is 19.3. The molecule has 0 aliphatic carbocycles. The number of nitrogens with zero attached hydrogens (tertiary/aromatic N) is 2. The van der Waals surface area contributed by atoms with Gasteiger partial charge in [-0.15, -0.1) is 12.4 Å².